The fraction of sp³-hybridized carbons (Fsp3) is 0.368. The number of phenols is 1. The molecule has 7 nitrogen and oxygen atoms in total. The summed E-state index contributed by atoms with van der Waals surface area (Å²) in [5, 5.41) is 30.0. The molecule has 0 spiro atoms. The lowest BCUT2D eigenvalue weighted by molar-refractivity contribution is -0.127. The van der Waals surface area contributed by atoms with E-state index in [1.54, 1.807) is 13.8 Å². The van der Waals surface area contributed by atoms with Crippen LogP contribution in [0.25, 0.3) is 6.08 Å². The third-order valence-electron chi connectivity index (χ3n) is 4.30. The van der Waals surface area contributed by atoms with Crippen molar-refractivity contribution in [1.29, 1.82) is 0 Å². The van der Waals surface area contributed by atoms with Gasteiger partial charge < -0.3 is 25.8 Å². The Balaban J connectivity index is 2.48. The lowest BCUT2D eigenvalue weighted by Gasteiger charge is -2.20. The van der Waals surface area contributed by atoms with Crippen LogP contribution >= 0.6 is 0 Å². The first-order valence-corrected chi connectivity index (χ1v) is 8.29. The molecule has 0 fully saturated rings. The molecule has 0 saturated heterocycles. The molecule has 2 rings (SSSR count). The van der Waals surface area contributed by atoms with Gasteiger partial charge in [-0.15, -0.1) is 0 Å². The summed E-state index contributed by atoms with van der Waals surface area (Å²) in [6, 6.07) is 2.74. The van der Waals surface area contributed by atoms with Crippen molar-refractivity contribution < 1.29 is 29.6 Å². The number of cyclic esters (lactones) is 1. The number of benzene rings is 1. The number of hydrogen-bond donors (Lipinski definition) is 4. The van der Waals surface area contributed by atoms with Crippen molar-refractivity contribution in [2.75, 3.05) is 5.73 Å². The summed E-state index contributed by atoms with van der Waals surface area (Å²) in [6.07, 6.45) is 2.14. The van der Waals surface area contributed by atoms with Gasteiger partial charge in [0.1, 0.15) is 23.5 Å². The van der Waals surface area contributed by atoms with E-state index in [0.29, 0.717) is 5.56 Å². The summed E-state index contributed by atoms with van der Waals surface area (Å²) in [6.45, 7) is 3.39. The Morgan fingerprint density at radius 1 is 1.15 bits per heavy atom. The van der Waals surface area contributed by atoms with E-state index in [0.717, 1.165) is 0 Å². The number of hydrogen-bond acceptors (Lipinski definition) is 7. The number of esters is 1. The summed E-state index contributed by atoms with van der Waals surface area (Å²) in [4.78, 5) is 24.4. The number of fused-ring (bicyclic) bond motifs is 1. The third kappa shape index (κ3) is 4.50. The Morgan fingerprint density at radius 2 is 1.85 bits per heavy atom. The van der Waals surface area contributed by atoms with Gasteiger partial charge in [-0.05, 0) is 31.1 Å². The molecule has 140 valence electrons. The van der Waals surface area contributed by atoms with E-state index in [-0.39, 0.29) is 29.3 Å². The first-order chi connectivity index (χ1) is 12.2. The minimum absolute atomic E-state index is 0.0310. The molecule has 5 N–H and O–H groups in total. The van der Waals surface area contributed by atoms with Gasteiger partial charge in [0.15, 0.2) is 5.78 Å². The number of aliphatic hydroxyl groups excluding tert-OH is 2. The molecule has 26 heavy (non-hydrogen) atoms. The van der Waals surface area contributed by atoms with Crippen LogP contribution in [0.3, 0.4) is 0 Å². The van der Waals surface area contributed by atoms with Crippen LogP contribution in [-0.2, 0) is 9.53 Å². The molecule has 1 aromatic rings. The third-order valence-corrected chi connectivity index (χ3v) is 4.30. The van der Waals surface area contributed by atoms with Crippen molar-refractivity contribution >= 4 is 23.5 Å². The minimum atomic E-state index is -1.56. The highest BCUT2D eigenvalue weighted by molar-refractivity contribution is 5.97. The fourth-order valence-corrected chi connectivity index (χ4v) is 2.51. The summed E-state index contributed by atoms with van der Waals surface area (Å²) in [5.41, 5.74) is 6.24. The predicted octanol–water partition coefficient (Wildman–Crippen LogP) is 1.42. The van der Waals surface area contributed by atoms with E-state index in [9.17, 15) is 24.9 Å². The molecule has 7 heteroatoms. The lowest BCUT2D eigenvalue weighted by Crippen LogP contribution is -2.32. The van der Waals surface area contributed by atoms with E-state index >= 15 is 0 Å². The molecule has 1 aromatic carbocycles. The van der Waals surface area contributed by atoms with Crippen molar-refractivity contribution in [2.45, 2.75) is 38.6 Å². The van der Waals surface area contributed by atoms with Gasteiger partial charge in [-0.2, -0.15) is 0 Å². The fourth-order valence-electron chi connectivity index (χ4n) is 2.51. The standard InChI is InChI=1S/C19H23NO6/c1-10-6-7-15(22)18(24)14(21)5-3-4-12-8-13(20)9-16(23)17(12)19(25)26-11(10)2/h3-4,6-11,14,18,21,23-24H,5,20H2,1-2H3/b4-3+,7-6-/t10-,11?,14?,18+/m1/s1. The SMILES string of the molecule is CC1OC(=O)c2c(O)cc(N)cc2/C=C/CC(O)[C@H](O)C(=O)/C=C\[C@H]1C. The lowest BCUT2D eigenvalue weighted by atomic mass is 9.99. The van der Waals surface area contributed by atoms with E-state index < -0.39 is 30.1 Å². The average molecular weight is 361 g/mol. The van der Waals surface area contributed by atoms with Gasteiger partial charge in [-0.1, -0.05) is 25.2 Å². The maximum atomic E-state index is 12.5. The Kier molecular flexibility index (Phi) is 6.18. The van der Waals surface area contributed by atoms with Gasteiger partial charge >= 0.3 is 5.97 Å². The normalized spacial score (nSPS) is 30.0. The van der Waals surface area contributed by atoms with Gasteiger partial charge in [0, 0.05) is 17.7 Å². The van der Waals surface area contributed by atoms with Crippen molar-refractivity contribution in [3.05, 3.63) is 41.5 Å². The summed E-state index contributed by atoms with van der Waals surface area (Å²) < 4.78 is 5.39. The van der Waals surface area contributed by atoms with Crippen LogP contribution in [0.15, 0.2) is 30.4 Å². The van der Waals surface area contributed by atoms with Crippen molar-refractivity contribution in [3.8, 4) is 5.75 Å². The second-order valence-corrected chi connectivity index (χ2v) is 6.39. The molecule has 1 heterocycles. The van der Waals surface area contributed by atoms with Gasteiger partial charge in [-0.25, -0.2) is 4.79 Å². The molecule has 0 saturated carbocycles. The van der Waals surface area contributed by atoms with Gasteiger partial charge in [-0.3, -0.25) is 4.79 Å². The number of aliphatic hydroxyl groups is 2. The number of nitrogen functional groups attached to an aromatic ring is 1. The predicted molar refractivity (Wildman–Crippen MR) is 96.4 cm³/mol. The molecule has 0 aromatic heterocycles. The van der Waals surface area contributed by atoms with E-state index in [1.165, 1.54) is 36.4 Å². The topological polar surface area (TPSA) is 130 Å². The van der Waals surface area contributed by atoms with Crippen molar-refractivity contribution in [2.24, 2.45) is 5.92 Å². The number of nitrogens with two attached hydrogens (primary N) is 1. The zero-order valence-electron chi connectivity index (χ0n) is 14.6. The van der Waals surface area contributed by atoms with Gasteiger partial charge in [0.25, 0.3) is 0 Å². The van der Waals surface area contributed by atoms with E-state index in [1.807, 2.05) is 0 Å². The molecule has 1 aliphatic heterocycles. The van der Waals surface area contributed by atoms with Crippen LogP contribution in [0.4, 0.5) is 5.69 Å². The number of ketones is 1. The Morgan fingerprint density at radius 3 is 2.54 bits per heavy atom. The number of rotatable bonds is 0. The van der Waals surface area contributed by atoms with E-state index in [4.69, 9.17) is 10.5 Å². The first-order valence-electron chi connectivity index (χ1n) is 8.29. The first kappa shape index (κ1) is 19.7. The zero-order chi connectivity index (χ0) is 19.4. The molecule has 0 amide bonds. The second-order valence-electron chi connectivity index (χ2n) is 6.39. The smallest absolute Gasteiger partial charge is 0.342 e. The van der Waals surface area contributed by atoms with Crippen molar-refractivity contribution in [1.82, 2.24) is 0 Å². The zero-order valence-corrected chi connectivity index (χ0v) is 14.6. The summed E-state index contributed by atoms with van der Waals surface area (Å²) >= 11 is 0. The summed E-state index contributed by atoms with van der Waals surface area (Å²) in [7, 11) is 0. The Labute approximate surface area is 151 Å². The molecule has 1 aliphatic rings. The maximum Gasteiger partial charge on any atom is 0.342 e. The number of anilines is 1. The van der Waals surface area contributed by atoms with Crippen LogP contribution in [0, 0.1) is 5.92 Å². The van der Waals surface area contributed by atoms with E-state index in [2.05, 4.69) is 0 Å². The number of aromatic hydroxyl groups is 1. The molecular weight excluding hydrogens is 338 g/mol. The largest absolute Gasteiger partial charge is 0.507 e. The number of ether oxygens (including phenoxy) is 1. The highest BCUT2D eigenvalue weighted by Crippen LogP contribution is 2.28. The number of carbonyl (C=O) groups is 2. The highest BCUT2D eigenvalue weighted by atomic mass is 16.5. The van der Waals surface area contributed by atoms with Gasteiger partial charge in [0.05, 0.1) is 6.10 Å². The van der Waals surface area contributed by atoms with Crippen LogP contribution < -0.4 is 5.73 Å². The summed E-state index contributed by atoms with van der Waals surface area (Å²) in [5.74, 6) is -1.99. The highest BCUT2D eigenvalue weighted by Gasteiger charge is 2.25. The maximum absolute atomic E-state index is 12.5. The number of phenolic OH excluding ortho intramolecular Hbond substituents is 1. The van der Waals surface area contributed by atoms with Crippen LogP contribution in [0.5, 0.6) is 5.75 Å². The van der Waals surface area contributed by atoms with Gasteiger partial charge in [0.2, 0.25) is 0 Å². The Hall–Kier alpha value is -2.64. The van der Waals surface area contributed by atoms with Crippen LogP contribution in [0.1, 0.15) is 36.2 Å². The molecule has 0 radical (unpaired) electrons. The Bertz CT molecular complexity index is 755. The quantitative estimate of drug-likeness (QED) is 0.406. The molecule has 4 atom stereocenters. The number of carbonyl (C=O) groups excluding carboxylic acids is 2. The monoisotopic (exact) mass is 361 g/mol. The minimum Gasteiger partial charge on any atom is -0.507 e. The average Bonchev–Trinajstić information content (AvgIpc) is 2.56. The molecule has 0 aliphatic carbocycles. The van der Waals surface area contributed by atoms with Crippen LogP contribution in [0.2, 0.25) is 0 Å². The molecule has 2 unspecified atom stereocenters. The second kappa shape index (κ2) is 8.16. The van der Waals surface area contributed by atoms with Crippen molar-refractivity contribution in [3.63, 3.8) is 0 Å². The van der Waals surface area contributed by atoms with Crippen LogP contribution in [-0.4, -0.2) is 45.4 Å². The molecular formula is C19H23NO6. The molecule has 0 bridgehead atoms.